The van der Waals surface area contributed by atoms with Crippen molar-refractivity contribution >= 4 is 28.6 Å². The van der Waals surface area contributed by atoms with Gasteiger partial charge in [0.1, 0.15) is 17.4 Å². The Morgan fingerprint density at radius 2 is 1.55 bits per heavy atom. The van der Waals surface area contributed by atoms with Crippen LogP contribution in [0.1, 0.15) is 15.9 Å². The van der Waals surface area contributed by atoms with Gasteiger partial charge in [-0.3, -0.25) is 14.4 Å². The number of primary amides is 1. The Morgan fingerprint density at radius 3 is 2.23 bits per heavy atom. The summed E-state index contributed by atoms with van der Waals surface area (Å²) in [7, 11) is 0. The highest BCUT2D eigenvalue weighted by Crippen LogP contribution is 2.29. The minimum absolute atomic E-state index is 0.158. The zero-order valence-electron chi connectivity index (χ0n) is 16.6. The van der Waals surface area contributed by atoms with Gasteiger partial charge in [-0.15, -0.1) is 0 Å². The first kappa shape index (κ1) is 20.1. The molecule has 0 radical (unpaired) electrons. The molecule has 0 aliphatic carbocycles. The van der Waals surface area contributed by atoms with Crippen molar-refractivity contribution in [2.24, 2.45) is 5.73 Å². The van der Waals surface area contributed by atoms with E-state index in [4.69, 9.17) is 10.2 Å². The molecular formula is C25H20N2O4. The van der Waals surface area contributed by atoms with Crippen molar-refractivity contribution in [2.75, 3.05) is 0 Å². The first-order chi connectivity index (χ1) is 15.0. The van der Waals surface area contributed by atoms with E-state index in [0.717, 1.165) is 11.1 Å². The van der Waals surface area contributed by atoms with Gasteiger partial charge < -0.3 is 15.5 Å². The Balaban J connectivity index is 1.65. The fourth-order valence-electron chi connectivity index (χ4n) is 3.47. The van der Waals surface area contributed by atoms with E-state index in [9.17, 15) is 14.4 Å². The van der Waals surface area contributed by atoms with Crippen LogP contribution in [-0.4, -0.2) is 23.6 Å². The maximum atomic E-state index is 13.1. The van der Waals surface area contributed by atoms with E-state index in [0.29, 0.717) is 22.3 Å². The smallest absolute Gasteiger partial charge is 0.287 e. The van der Waals surface area contributed by atoms with Crippen LogP contribution in [0.5, 0.6) is 0 Å². The van der Waals surface area contributed by atoms with Crippen molar-refractivity contribution in [1.82, 2.24) is 5.32 Å². The summed E-state index contributed by atoms with van der Waals surface area (Å²) in [6, 6.07) is 24.5. The standard InChI is InChI=1S/C25H20N2O4/c26-24(29)23(28)20(14-16-8-3-1-4-9-16)27-25(30)18-12-7-13-21-19(18)15-22(31-21)17-10-5-2-6-11-17/h1-13,15,20H,14H2,(H2,26,29)(H,27,30). The molecular weight excluding hydrogens is 392 g/mol. The third-order valence-corrected chi connectivity index (χ3v) is 5.01. The van der Waals surface area contributed by atoms with Crippen LogP contribution < -0.4 is 11.1 Å². The molecule has 1 aromatic heterocycles. The normalized spacial score (nSPS) is 11.7. The number of Topliss-reactive ketones (excluding diaryl/α,β-unsaturated/α-hetero) is 1. The molecule has 0 bridgehead atoms. The molecule has 0 saturated heterocycles. The summed E-state index contributed by atoms with van der Waals surface area (Å²) >= 11 is 0. The van der Waals surface area contributed by atoms with E-state index < -0.39 is 23.6 Å². The Bertz CT molecular complexity index is 1250. The van der Waals surface area contributed by atoms with Gasteiger partial charge in [-0.05, 0) is 23.8 Å². The van der Waals surface area contributed by atoms with Crippen LogP contribution in [0.3, 0.4) is 0 Å². The fourth-order valence-corrected chi connectivity index (χ4v) is 3.47. The number of hydrogen-bond donors (Lipinski definition) is 2. The number of furan rings is 1. The molecule has 1 heterocycles. The molecule has 154 valence electrons. The summed E-state index contributed by atoms with van der Waals surface area (Å²) in [5, 5.41) is 3.29. The average molecular weight is 412 g/mol. The average Bonchev–Trinajstić information content (AvgIpc) is 3.24. The van der Waals surface area contributed by atoms with Gasteiger partial charge in [-0.1, -0.05) is 66.7 Å². The molecule has 2 amide bonds. The molecule has 0 saturated carbocycles. The number of fused-ring (bicyclic) bond motifs is 1. The van der Waals surface area contributed by atoms with Gasteiger partial charge in [0.2, 0.25) is 5.78 Å². The van der Waals surface area contributed by atoms with Crippen LogP contribution in [0.4, 0.5) is 0 Å². The number of ketones is 1. The third-order valence-electron chi connectivity index (χ3n) is 5.01. The molecule has 3 aromatic carbocycles. The number of hydrogen-bond acceptors (Lipinski definition) is 4. The number of rotatable bonds is 7. The molecule has 0 aliphatic heterocycles. The second-order valence-electron chi connectivity index (χ2n) is 7.14. The Labute approximate surface area is 178 Å². The lowest BCUT2D eigenvalue weighted by molar-refractivity contribution is -0.137. The number of benzene rings is 3. The van der Waals surface area contributed by atoms with Gasteiger partial charge >= 0.3 is 0 Å². The lowest BCUT2D eigenvalue weighted by atomic mass is 10.0. The first-order valence-electron chi connectivity index (χ1n) is 9.79. The molecule has 31 heavy (non-hydrogen) atoms. The van der Waals surface area contributed by atoms with Crippen LogP contribution in [-0.2, 0) is 16.0 Å². The maximum Gasteiger partial charge on any atom is 0.287 e. The van der Waals surface area contributed by atoms with Crippen LogP contribution >= 0.6 is 0 Å². The minimum atomic E-state index is -1.09. The molecule has 0 spiro atoms. The topological polar surface area (TPSA) is 102 Å². The Kier molecular flexibility index (Phi) is 5.62. The van der Waals surface area contributed by atoms with E-state index >= 15 is 0 Å². The van der Waals surface area contributed by atoms with Crippen molar-refractivity contribution in [3.05, 3.63) is 96.1 Å². The summed E-state index contributed by atoms with van der Waals surface area (Å²) in [4.78, 5) is 37.0. The highest BCUT2D eigenvalue weighted by atomic mass is 16.3. The molecule has 3 N–H and O–H groups in total. The molecule has 6 heteroatoms. The molecule has 4 rings (SSSR count). The van der Waals surface area contributed by atoms with Crippen LogP contribution in [0, 0.1) is 0 Å². The predicted octanol–water partition coefficient (Wildman–Crippen LogP) is 3.50. The zero-order chi connectivity index (χ0) is 21.8. The van der Waals surface area contributed by atoms with E-state index in [1.165, 1.54) is 0 Å². The van der Waals surface area contributed by atoms with E-state index in [1.807, 2.05) is 60.7 Å². The van der Waals surface area contributed by atoms with Gasteiger partial charge in [0.15, 0.2) is 0 Å². The van der Waals surface area contributed by atoms with Crippen LogP contribution in [0.2, 0.25) is 0 Å². The molecule has 1 atom stereocenters. The summed E-state index contributed by atoms with van der Waals surface area (Å²) in [6.07, 6.45) is 0.158. The third kappa shape index (κ3) is 4.38. The number of nitrogens with one attached hydrogen (secondary N) is 1. The SMILES string of the molecule is NC(=O)C(=O)C(Cc1ccccc1)NC(=O)c1cccc2oc(-c3ccccc3)cc12. The summed E-state index contributed by atoms with van der Waals surface area (Å²) < 4.78 is 5.91. The van der Waals surface area contributed by atoms with E-state index in [2.05, 4.69) is 5.32 Å². The van der Waals surface area contributed by atoms with Gasteiger partial charge in [-0.25, -0.2) is 0 Å². The van der Waals surface area contributed by atoms with Crippen molar-refractivity contribution in [1.29, 1.82) is 0 Å². The predicted molar refractivity (Wildman–Crippen MR) is 117 cm³/mol. The number of amides is 2. The zero-order valence-corrected chi connectivity index (χ0v) is 16.6. The molecule has 6 nitrogen and oxygen atoms in total. The van der Waals surface area contributed by atoms with Crippen molar-refractivity contribution in [3.63, 3.8) is 0 Å². The number of carbonyl (C=O) groups excluding carboxylic acids is 3. The maximum absolute atomic E-state index is 13.1. The van der Waals surface area contributed by atoms with Gasteiger partial charge in [0.05, 0.1) is 5.56 Å². The van der Waals surface area contributed by atoms with Crippen molar-refractivity contribution in [3.8, 4) is 11.3 Å². The van der Waals surface area contributed by atoms with E-state index in [1.54, 1.807) is 24.3 Å². The minimum Gasteiger partial charge on any atom is -0.456 e. The van der Waals surface area contributed by atoms with Crippen LogP contribution in [0.15, 0.2) is 89.3 Å². The number of carbonyl (C=O) groups is 3. The molecule has 1 unspecified atom stereocenters. The quantitative estimate of drug-likeness (QED) is 0.454. The molecule has 0 aliphatic rings. The lowest BCUT2D eigenvalue weighted by Gasteiger charge is -2.16. The molecule has 4 aromatic rings. The lowest BCUT2D eigenvalue weighted by Crippen LogP contribution is -2.47. The summed E-state index contributed by atoms with van der Waals surface area (Å²) in [6.45, 7) is 0. The Hall–Kier alpha value is -4.19. The van der Waals surface area contributed by atoms with Gasteiger partial charge in [-0.2, -0.15) is 0 Å². The largest absolute Gasteiger partial charge is 0.456 e. The second-order valence-corrected chi connectivity index (χ2v) is 7.14. The van der Waals surface area contributed by atoms with Gasteiger partial charge in [0, 0.05) is 17.4 Å². The summed E-state index contributed by atoms with van der Waals surface area (Å²) in [5.41, 5.74) is 7.79. The monoisotopic (exact) mass is 412 g/mol. The van der Waals surface area contributed by atoms with Crippen LogP contribution in [0.25, 0.3) is 22.3 Å². The highest BCUT2D eigenvalue weighted by Gasteiger charge is 2.26. The Morgan fingerprint density at radius 1 is 0.871 bits per heavy atom. The van der Waals surface area contributed by atoms with Gasteiger partial charge in [0.25, 0.3) is 11.8 Å². The molecule has 0 fully saturated rings. The fraction of sp³-hybridized carbons (Fsp3) is 0.0800. The summed E-state index contributed by atoms with van der Waals surface area (Å²) in [5.74, 6) is -1.79. The van der Waals surface area contributed by atoms with Crippen molar-refractivity contribution < 1.29 is 18.8 Å². The van der Waals surface area contributed by atoms with Crippen molar-refractivity contribution in [2.45, 2.75) is 12.5 Å². The first-order valence-corrected chi connectivity index (χ1v) is 9.79. The van der Waals surface area contributed by atoms with E-state index in [-0.39, 0.29) is 6.42 Å². The number of nitrogens with two attached hydrogens (primary N) is 1. The highest BCUT2D eigenvalue weighted by molar-refractivity contribution is 6.38. The second kappa shape index (κ2) is 8.67.